The monoisotopic (exact) mass is 303 g/mol. The van der Waals surface area contributed by atoms with Crippen LogP contribution in [0, 0.1) is 12.8 Å². The quantitative estimate of drug-likeness (QED) is 0.887. The number of likely N-dealkylation sites (N-methyl/N-ethyl adjacent to an activating group) is 1. The van der Waals surface area contributed by atoms with Gasteiger partial charge < -0.3 is 10.6 Å². The Kier molecular flexibility index (Phi) is 5.55. The third kappa shape index (κ3) is 4.56. The van der Waals surface area contributed by atoms with Crippen LogP contribution in [0.15, 0.2) is 24.3 Å². The number of hydrogen-bond acceptors (Lipinski definition) is 3. The number of nitrogens with zero attached hydrogens (tertiary/aromatic N) is 2. The first-order valence-corrected chi connectivity index (χ1v) is 7.77. The smallest absolute Gasteiger partial charge is 0.236 e. The molecule has 0 bridgehead atoms. The van der Waals surface area contributed by atoms with E-state index in [0.717, 1.165) is 24.9 Å². The van der Waals surface area contributed by atoms with Gasteiger partial charge in [-0.15, -0.1) is 0 Å². The van der Waals surface area contributed by atoms with Gasteiger partial charge in [-0.05, 0) is 31.9 Å². The van der Waals surface area contributed by atoms with E-state index in [2.05, 4.69) is 12.1 Å². The van der Waals surface area contributed by atoms with E-state index in [1.807, 2.05) is 31.0 Å². The molecule has 22 heavy (non-hydrogen) atoms. The lowest BCUT2D eigenvalue weighted by Crippen LogP contribution is -2.45. The van der Waals surface area contributed by atoms with Crippen molar-refractivity contribution in [1.29, 1.82) is 0 Å². The Balaban J connectivity index is 1.85. The maximum Gasteiger partial charge on any atom is 0.236 e. The Labute approximate surface area is 132 Å². The molecule has 1 fully saturated rings. The largest absolute Gasteiger partial charge is 0.369 e. The number of likely N-dealkylation sites (tertiary alicyclic amines) is 1. The summed E-state index contributed by atoms with van der Waals surface area (Å²) in [5.41, 5.74) is 7.71. The van der Waals surface area contributed by atoms with Gasteiger partial charge in [-0.2, -0.15) is 0 Å². The normalized spacial score (nSPS) is 18.9. The predicted molar refractivity (Wildman–Crippen MR) is 86.0 cm³/mol. The molecular weight excluding hydrogens is 278 g/mol. The summed E-state index contributed by atoms with van der Waals surface area (Å²) in [4.78, 5) is 27.4. The molecule has 0 aromatic heterocycles. The minimum Gasteiger partial charge on any atom is -0.369 e. The zero-order chi connectivity index (χ0) is 16.1. The van der Waals surface area contributed by atoms with Crippen molar-refractivity contribution in [3.63, 3.8) is 0 Å². The SMILES string of the molecule is Cc1ccc(CN(C)C(=O)CN2CCC[C@H](C(N)=O)C2)cc1. The van der Waals surface area contributed by atoms with Crippen molar-refractivity contribution in [3.05, 3.63) is 35.4 Å². The molecular formula is C17H25N3O2. The molecule has 2 amide bonds. The number of hydrogen-bond donors (Lipinski definition) is 1. The second-order valence-electron chi connectivity index (χ2n) is 6.21. The molecule has 1 aliphatic heterocycles. The second-order valence-corrected chi connectivity index (χ2v) is 6.21. The Morgan fingerprint density at radius 3 is 2.64 bits per heavy atom. The number of nitrogens with two attached hydrogens (primary N) is 1. The van der Waals surface area contributed by atoms with Crippen LogP contribution in [0.25, 0.3) is 0 Å². The number of amides is 2. The zero-order valence-corrected chi connectivity index (χ0v) is 13.4. The number of primary amides is 1. The summed E-state index contributed by atoms with van der Waals surface area (Å²) in [6.07, 6.45) is 1.75. The average Bonchev–Trinajstić information content (AvgIpc) is 2.49. The Morgan fingerprint density at radius 1 is 1.32 bits per heavy atom. The summed E-state index contributed by atoms with van der Waals surface area (Å²) in [5, 5.41) is 0. The summed E-state index contributed by atoms with van der Waals surface area (Å²) >= 11 is 0. The van der Waals surface area contributed by atoms with Gasteiger partial charge in [0, 0.05) is 20.1 Å². The van der Waals surface area contributed by atoms with Gasteiger partial charge in [0.2, 0.25) is 11.8 Å². The summed E-state index contributed by atoms with van der Waals surface area (Å²) in [6, 6.07) is 8.19. The average molecular weight is 303 g/mol. The van der Waals surface area contributed by atoms with E-state index in [1.54, 1.807) is 4.90 Å². The van der Waals surface area contributed by atoms with E-state index in [0.29, 0.717) is 19.6 Å². The zero-order valence-electron chi connectivity index (χ0n) is 13.4. The maximum atomic E-state index is 12.3. The van der Waals surface area contributed by atoms with Crippen molar-refractivity contribution in [3.8, 4) is 0 Å². The molecule has 120 valence electrons. The van der Waals surface area contributed by atoms with E-state index in [4.69, 9.17) is 5.73 Å². The first kappa shape index (κ1) is 16.5. The van der Waals surface area contributed by atoms with Crippen LogP contribution in [0.1, 0.15) is 24.0 Å². The fourth-order valence-corrected chi connectivity index (χ4v) is 2.80. The number of piperidine rings is 1. The van der Waals surface area contributed by atoms with E-state index >= 15 is 0 Å². The molecule has 0 unspecified atom stereocenters. The molecule has 5 heteroatoms. The van der Waals surface area contributed by atoms with Gasteiger partial charge in [-0.3, -0.25) is 14.5 Å². The summed E-state index contributed by atoms with van der Waals surface area (Å²) in [6.45, 7) is 4.45. The van der Waals surface area contributed by atoms with Crippen LogP contribution in [-0.4, -0.2) is 48.3 Å². The maximum absolute atomic E-state index is 12.3. The number of benzene rings is 1. The van der Waals surface area contributed by atoms with Crippen LogP contribution in [0.3, 0.4) is 0 Å². The molecule has 1 heterocycles. The highest BCUT2D eigenvalue weighted by Gasteiger charge is 2.25. The van der Waals surface area contributed by atoms with Crippen molar-refractivity contribution in [2.24, 2.45) is 11.7 Å². The molecule has 1 aliphatic rings. The van der Waals surface area contributed by atoms with Crippen LogP contribution in [0.5, 0.6) is 0 Å². The lowest BCUT2D eigenvalue weighted by atomic mass is 9.97. The highest BCUT2D eigenvalue weighted by molar-refractivity contribution is 5.79. The van der Waals surface area contributed by atoms with Gasteiger partial charge in [-0.25, -0.2) is 0 Å². The molecule has 1 saturated heterocycles. The van der Waals surface area contributed by atoms with Gasteiger partial charge in [0.05, 0.1) is 12.5 Å². The minimum absolute atomic E-state index is 0.0747. The molecule has 1 aromatic rings. The van der Waals surface area contributed by atoms with Gasteiger partial charge in [0.15, 0.2) is 0 Å². The highest BCUT2D eigenvalue weighted by atomic mass is 16.2. The van der Waals surface area contributed by atoms with Crippen molar-refractivity contribution < 1.29 is 9.59 Å². The van der Waals surface area contributed by atoms with Gasteiger partial charge in [0.25, 0.3) is 0 Å². The van der Waals surface area contributed by atoms with Gasteiger partial charge >= 0.3 is 0 Å². The van der Waals surface area contributed by atoms with Crippen molar-refractivity contribution in [1.82, 2.24) is 9.80 Å². The molecule has 1 atom stereocenters. The molecule has 0 spiro atoms. The van der Waals surface area contributed by atoms with Gasteiger partial charge in [-0.1, -0.05) is 29.8 Å². The molecule has 0 saturated carbocycles. The van der Waals surface area contributed by atoms with Crippen molar-refractivity contribution in [2.75, 3.05) is 26.7 Å². The molecule has 2 rings (SSSR count). The fourth-order valence-electron chi connectivity index (χ4n) is 2.80. The number of carbonyl (C=O) groups is 2. The molecule has 0 aliphatic carbocycles. The van der Waals surface area contributed by atoms with E-state index in [9.17, 15) is 9.59 Å². The van der Waals surface area contributed by atoms with Crippen LogP contribution < -0.4 is 5.73 Å². The number of rotatable bonds is 5. The second kappa shape index (κ2) is 7.40. The first-order valence-electron chi connectivity index (χ1n) is 7.77. The van der Waals surface area contributed by atoms with Crippen LogP contribution >= 0.6 is 0 Å². The standard InChI is InChI=1S/C17H25N3O2/c1-13-5-7-14(8-6-13)10-19(2)16(21)12-20-9-3-4-15(11-20)17(18)22/h5-8,15H,3-4,9-12H2,1-2H3,(H2,18,22)/t15-/m0/s1. The first-order chi connectivity index (χ1) is 10.5. The van der Waals surface area contributed by atoms with Gasteiger partial charge in [0.1, 0.15) is 0 Å². The topological polar surface area (TPSA) is 66.6 Å². The number of carbonyl (C=O) groups excluding carboxylic acids is 2. The Bertz CT molecular complexity index is 527. The lowest BCUT2D eigenvalue weighted by molar-refractivity contribution is -0.133. The van der Waals surface area contributed by atoms with Crippen molar-refractivity contribution in [2.45, 2.75) is 26.3 Å². The summed E-state index contributed by atoms with van der Waals surface area (Å²) in [7, 11) is 1.82. The Hall–Kier alpha value is -1.88. The summed E-state index contributed by atoms with van der Waals surface area (Å²) < 4.78 is 0. The third-order valence-electron chi connectivity index (χ3n) is 4.23. The third-order valence-corrected chi connectivity index (χ3v) is 4.23. The molecule has 5 nitrogen and oxygen atoms in total. The van der Waals surface area contributed by atoms with E-state index in [-0.39, 0.29) is 17.7 Å². The fraction of sp³-hybridized carbons (Fsp3) is 0.529. The number of aryl methyl sites for hydroxylation is 1. The van der Waals surface area contributed by atoms with E-state index in [1.165, 1.54) is 5.56 Å². The predicted octanol–water partition coefficient (Wildman–Crippen LogP) is 1.15. The molecule has 0 radical (unpaired) electrons. The van der Waals surface area contributed by atoms with E-state index < -0.39 is 0 Å². The molecule has 1 aromatic carbocycles. The van der Waals surface area contributed by atoms with Crippen LogP contribution in [0.4, 0.5) is 0 Å². The summed E-state index contributed by atoms with van der Waals surface area (Å²) in [5.74, 6) is -0.306. The Morgan fingerprint density at radius 2 is 2.00 bits per heavy atom. The van der Waals surface area contributed by atoms with Crippen LogP contribution in [-0.2, 0) is 16.1 Å². The van der Waals surface area contributed by atoms with Crippen molar-refractivity contribution >= 4 is 11.8 Å². The highest BCUT2D eigenvalue weighted by Crippen LogP contribution is 2.16. The minimum atomic E-state index is -0.259. The molecule has 2 N–H and O–H groups in total. The van der Waals surface area contributed by atoms with Crippen LogP contribution in [0.2, 0.25) is 0 Å². The lowest BCUT2D eigenvalue weighted by Gasteiger charge is -2.31.